The molecule has 0 radical (unpaired) electrons. The molecule has 0 aromatic rings. The smallest absolute Gasteiger partial charge is 0.333 e. The van der Waals surface area contributed by atoms with Gasteiger partial charge in [-0.3, -0.25) is 0 Å². The van der Waals surface area contributed by atoms with Crippen molar-refractivity contribution in [1.29, 1.82) is 0 Å². The highest BCUT2D eigenvalue weighted by molar-refractivity contribution is 5.86. The minimum Gasteiger partial charge on any atom is -0.460 e. The minimum atomic E-state index is -0.410. The zero-order valence-electron chi connectivity index (χ0n) is 16.5. The molecule has 0 aromatic heterocycles. The van der Waals surface area contributed by atoms with E-state index in [1.165, 1.54) is 25.7 Å². The Balaban J connectivity index is 0.000000158. The maximum atomic E-state index is 10.6. The van der Waals surface area contributed by atoms with Crippen molar-refractivity contribution in [2.75, 3.05) is 20.3 Å². The lowest BCUT2D eigenvalue weighted by atomic mass is 9.64. The molecule has 0 amide bonds. The monoisotopic (exact) mass is 378 g/mol. The van der Waals surface area contributed by atoms with Gasteiger partial charge in [0.25, 0.3) is 0 Å². The van der Waals surface area contributed by atoms with Crippen molar-refractivity contribution in [2.45, 2.75) is 51.2 Å². The van der Waals surface area contributed by atoms with Crippen LogP contribution in [-0.2, 0) is 14.3 Å². The van der Waals surface area contributed by atoms with Gasteiger partial charge >= 0.3 is 5.97 Å². The largest absolute Gasteiger partial charge is 0.460 e. The molecular weight excluding hydrogens is 344 g/mol. The standard InChI is InChI=1S/C15H22O2.C7H12O3/c16-11-5-9-8-4-10(14(9)15(11)17)13-7-2-1-6(3-7)12(8)13;1-6(2)7(8)10-5-4-9-3/h6-17H,1-5H2;1,4-5H2,2-3H3. The number of esters is 1. The van der Waals surface area contributed by atoms with E-state index in [9.17, 15) is 15.0 Å². The molecule has 5 aliphatic rings. The van der Waals surface area contributed by atoms with Gasteiger partial charge in [0.1, 0.15) is 6.61 Å². The van der Waals surface area contributed by atoms with Crippen LogP contribution in [0.15, 0.2) is 12.2 Å². The molecule has 5 fully saturated rings. The van der Waals surface area contributed by atoms with Crippen molar-refractivity contribution in [3.63, 3.8) is 0 Å². The van der Waals surface area contributed by atoms with Crippen LogP contribution < -0.4 is 0 Å². The van der Waals surface area contributed by atoms with Crippen LogP contribution in [0.4, 0.5) is 0 Å². The van der Waals surface area contributed by atoms with Crippen LogP contribution >= 0.6 is 0 Å². The highest BCUT2D eigenvalue weighted by Crippen LogP contribution is 2.72. The second-order valence-corrected chi connectivity index (χ2v) is 9.50. The fourth-order valence-corrected chi connectivity index (χ4v) is 7.61. The van der Waals surface area contributed by atoms with Gasteiger partial charge in [-0.2, -0.15) is 0 Å². The van der Waals surface area contributed by atoms with Gasteiger partial charge in [0, 0.05) is 12.7 Å². The zero-order chi connectivity index (χ0) is 19.3. The summed E-state index contributed by atoms with van der Waals surface area (Å²) in [6, 6.07) is 0. The number of carbonyl (C=O) groups is 1. The van der Waals surface area contributed by atoms with Crippen LogP contribution in [0, 0.1) is 47.3 Å². The second kappa shape index (κ2) is 7.49. The van der Waals surface area contributed by atoms with Gasteiger partial charge < -0.3 is 19.7 Å². The molecule has 0 aliphatic heterocycles. The van der Waals surface area contributed by atoms with Crippen molar-refractivity contribution in [3.05, 3.63) is 12.2 Å². The van der Waals surface area contributed by atoms with Crippen molar-refractivity contribution >= 4 is 5.97 Å². The predicted molar refractivity (Wildman–Crippen MR) is 101 cm³/mol. The topological polar surface area (TPSA) is 76.0 Å². The van der Waals surface area contributed by atoms with Gasteiger partial charge in [0.05, 0.1) is 18.8 Å². The molecule has 5 heteroatoms. The van der Waals surface area contributed by atoms with Crippen molar-refractivity contribution in [2.24, 2.45) is 47.3 Å². The lowest BCUT2D eigenvalue weighted by Crippen LogP contribution is -2.39. The molecule has 0 heterocycles. The Hall–Kier alpha value is -0.910. The number of aliphatic hydroxyl groups excluding tert-OH is 2. The Morgan fingerprint density at radius 3 is 2.22 bits per heavy atom. The summed E-state index contributed by atoms with van der Waals surface area (Å²) >= 11 is 0. The minimum absolute atomic E-state index is 0.294. The molecule has 5 nitrogen and oxygen atoms in total. The fourth-order valence-electron chi connectivity index (χ4n) is 7.61. The van der Waals surface area contributed by atoms with Gasteiger partial charge in [-0.15, -0.1) is 0 Å². The summed E-state index contributed by atoms with van der Waals surface area (Å²) in [4.78, 5) is 10.6. The molecule has 10 atom stereocenters. The molecule has 5 aliphatic carbocycles. The summed E-state index contributed by atoms with van der Waals surface area (Å²) in [5.74, 6) is 6.38. The van der Waals surface area contributed by atoms with Crippen molar-refractivity contribution in [3.8, 4) is 0 Å². The first-order chi connectivity index (χ1) is 12.9. The molecule has 0 aromatic carbocycles. The van der Waals surface area contributed by atoms with E-state index in [2.05, 4.69) is 16.1 Å². The molecule has 2 N–H and O–H groups in total. The molecule has 10 unspecified atom stereocenters. The molecular formula is C22H34O5. The summed E-state index contributed by atoms with van der Waals surface area (Å²) in [7, 11) is 1.55. The summed E-state index contributed by atoms with van der Waals surface area (Å²) in [5.41, 5.74) is 0.413. The number of hydrogen-bond donors (Lipinski definition) is 2. The first-order valence-corrected chi connectivity index (χ1v) is 10.6. The van der Waals surface area contributed by atoms with Crippen LogP contribution in [0.3, 0.4) is 0 Å². The molecule has 5 saturated carbocycles. The van der Waals surface area contributed by atoms with E-state index in [1.54, 1.807) is 14.0 Å². The van der Waals surface area contributed by atoms with Crippen LogP contribution in [0.1, 0.15) is 39.0 Å². The summed E-state index contributed by atoms with van der Waals surface area (Å²) in [6.45, 7) is 5.75. The van der Waals surface area contributed by atoms with E-state index in [0.717, 1.165) is 41.9 Å². The number of carbonyl (C=O) groups excluding carboxylic acids is 1. The Morgan fingerprint density at radius 2 is 1.59 bits per heavy atom. The van der Waals surface area contributed by atoms with Gasteiger partial charge in [0.15, 0.2) is 0 Å². The van der Waals surface area contributed by atoms with E-state index >= 15 is 0 Å². The summed E-state index contributed by atoms with van der Waals surface area (Å²) in [6.07, 6.45) is 5.93. The Labute approximate surface area is 162 Å². The SMILES string of the molecule is C=C(C)C(=O)OCCOC.OC1CC2C3CC(C2C1O)C1C2CCC(C2)C31. The quantitative estimate of drug-likeness (QED) is 0.340. The van der Waals surface area contributed by atoms with E-state index in [4.69, 9.17) is 0 Å². The van der Waals surface area contributed by atoms with E-state index < -0.39 is 12.2 Å². The number of ether oxygens (including phenoxy) is 2. The van der Waals surface area contributed by atoms with Gasteiger partial charge in [-0.25, -0.2) is 4.79 Å². The number of rotatable bonds is 4. The first kappa shape index (κ1) is 19.4. The van der Waals surface area contributed by atoms with Crippen LogP contribution in [0.5, 0.6) is 0 Å². The molecule has 0 spiro atoms. The zero-order valence-corrected chi connectivity index (χ0v) is 16.5. The van der Waals surface area contributed by atoms with Gasteiger partial charge in [-0.1, -0.05) is 6.58 Å². The summed E-state index contributed by atoms with van der Waals surface area (Å²) in [5, 5.41) is 20.2. The number of aliphatic hydroxyl groups is 2. The number of hydrogen-bond acceptors (Lipinski definition) is 5. The fraction of sp³-hybridized carbons (Fsp3) is 0.864. The lowest BCUT2D eigenvalue weighted by molar-refractivity contribution is -0.140. The van der Waals surface area contributed by atoms with E-state index in [-0.39, 0.29) is 5.97 Å². The number of fused-ring (bicyclic) bond motifs is 12. The van der Waals surface area contributed by atoms with Gasteiger partial charge in [0.2, 0.25) is 0 Å². The molecule has 5 rings (SSSR count). The maximum Gasteiger partial charge on any atom is 0.333 e. The average molecular weight is 379 g/mol. The molecule has 152 valence electrons. The molecule has 27 heavy (non-hydrogen) atoms. The first-order valence-electron chi connectivity index (χ1n) is 10.6. The Bertz CT molecular complexity index is 585. The molecule has 0 saturated heterocycles. The van der Waals surface area contributed by atoms with E-state index in [0.29, 0.717) is 30.6 Å². The van der Waals surface area contributed by atoms with Crippen molar-refractivity contribution in [1.82, 2.24) is 0 Å². The predicted octanol–water partition coefficient (Wildman–Crippen LogP) is 2.41. The molecule has 4 bridgehead atoms. The lowest BCUT2D eigenvalue weighted by Gasteiger charge is -2.41. The second-order valence-electron chi connectivity index (χ2n) is 9.50. The average Bonchev–Trinajstić information content (AvgIpc) is 3.41. The Morgan fingerprint density at radius 1 is 0.963 bits per heavy atom. The van der Waals surface area contributed by atoms with Crippen molar-refractivity contribution < 1.29 is 24.5 Å². The highest BCUT2D eigenvalue weighted by Gasteiger charge is 2.68. The van der Waals surface area contributed by atoms with E-state index in [1.807, 2.05) is 0 Å². The third-order valence-electron chi connectivity index (χ3n) is 8.29. The van der Waals surface area contributed by atoms with Crippen LogP contribution in [0.25, 0.3) is 0 Å². The normalized spacial score (nSPS) is 48.0. The third-order valence-corrected chi connectivity index (χ3v) is 8.29. The Kier molecular flexibility index (Phi) is 5.38. The van der Waals surface area contributed by atoms with Crippen LogP contribution in [-0.4, -0.2) is 48.7 Å². The van der Waals surface area contributed by atoms with Crippen LogP contribution in [0.2, 0.25) is 0 Å². The highest BCUT2D eigenvalue weighted by atomic mass is 16.6. The van der Waals surface area contributed by atoms with Gasteiger partial charge in [-0.05, 0) is 86.4 Å². The third kappa shape index (κ3) is 3.16. The number of methoxy groups -OCH3 is 1. The maximum absolute atomic E-state index is 10.6. The summed E-state index contributed by atoms with van der Waals surface area (Å²) < 4.78 is 9.35.